The molecular weight excluding hydrogens is 488 g/mol. The first-order valence-corrected chi connectivity index (χ1v) is 11.7. The van der Waals surface area contributed by atoms with Crippen molar-refractivity contribution < 1.29 is 19.2 Å². The predicted octanol–water partition coefficient (Wildman–Crippen LogP) is 4.17. The van der Waals surface area contributed by atoms with Crippen molar-refractivity contribution in [3.8, 4) is 5.75 Å². The molecule has 0 radical (unpaired) electrons. The molecule has 190 valence electrons. The average molecular weight is 511 g/mol. The van der Waals surface area contributed by atoms with Gasteiger partial charge in [0.15, 0.2) is 5.75 Å². The Hall–Kier alpha value is -5.25. The highest BCUT2D eigenvalue weighted by molar-refractivity contribution is 6.01. The van der Waals surface area contributed by atoms with E-state index in [4.69, 9.17) is 4.42 Å². The summed E-state index contributed by atoms with van der Waals surface area (Å²) in [6.07, 6.45) is 3.60. The average Bonchev–Trinajstić information content (AvgIpc) is 3.44. The van der Waals surface area contributed by atoms with Crippen LogP contribution in [-0.4, -0.2) is 25.5 Å². The number of aromatic hydroxyl groups is 1. The molecule has 38 heavy (non-hydrogen) atoms. The Morgan fingerprint density at radius 2 is 1.79 bits per heavy atom. The molecule has 1 amide bonds. The van der Waals surface area contributed by atoms with Crippen molar-refractivity contribution in [2.24, 2.45) is 0 Å². The van der Waals surface area contributed by atoms with Crippen molar-refractivity contribution in [3.05, 3.63) is 134 Å². The number of aromatic nitrogens is 2. The quantitative estimate of drug-likeness (QED) is 0.236. The van der Waals surface area contributed by atoms with E-state index in [1.54, 1.807) is 36.5 Å². The number of nitro benzene ring substituents is 1. The summed E-state index contributed by atoms with van der Waals surface area (Å²) in [5.74, 6) is -0.819. The summed E-state index contributed by atoms with van der Waals surface area (Å²) in [6.45, 7) is 0.0249. The Balaban J connectivity index is 1.60. The van der Waals surface area contributed by atoms with E-state index in [9.17, 15) is 24.8 Å². The standard InChI is InChI=1S/C28H22N4O6/c33-26-24(27(34)30-16-22-7-4-12-38-22)28(35)31(17-19-8-10-21(11-9-19)32(36)37)23-14-20(15-29-25(23)26)13-18-5-2-1-3-6-18/h1-12,14-15,33H,13,16-17H2,(H,30,34). The molecule has 5 rings (SSSR count). The van der Waals surface area contributed by atoms with Crippen LogP contribution >= 0.6 is 0 Å². The number of carbonyl (C=O) groups excluding carboxylic acids is 1. The number of nitro groups is 1. The highest BCUT2D eigenvalue weighted by Gasteiger charge is 2.24. The van der Waals surface area contributed by atoms with Crippen molar-refractivity contribution in [3.63, 3.8) is 0 Å². The lowest BCUT2D eigenvalue weighted by molar-refractivity contribution is -0.384. The molecule has 10 heteroatoms. The van der Waals surface area contributed by atoms with Crippen molar-refractivity contribution in [2.45, 2.75) is 19.5 Å². The Labute approximate surface area is 216 Å². The van der Waals surface area contributed by atoms with Gasteiger partial charge in [-0.05, 0) is 41.3 Å². The first kappa shape index (κ1) is 24.4. The molecule has 2 aromatic carbocycles. The number of fused-ring (bicyclic) bond motifs is 1. The van der Waals surface area contributed by atoms with E-state index in [1.165, 1.54) is 23.0 Å². The van der Waals surface area contributed by atoms with Crippen LogP contribution in [0.2, 0.25) is 0 Å². The third-order valence-corrected chi connectivity index (χ3v) is 6.10. The van der Waals surface area contributed by atoms with Gasteiger partial charge in [0.1, 0.15) is 16.8 Å². The molecule has 0 unspecified atom stereocenters. The zero-order valence-electron chi connectivity index (χ0n) is 20.0. The third kappa shape index (κ3) is 5.00. The van der Waals surface area contributed by atoms with Crippen molar-refractivity contribution >= 4 is 22.6 Å². The van der Waals surface area contributed by atoms with Crippen LogP contribution in [0.25, 0.3) is 11.0 Å². The summed E-state index contributed by atoms with van der Waals surface area (Å²) in [5, 5.41) is 24.6. The second kappa shape index (κ2) is 10.4. The Morgan fingerprint density at radius 1 is 1.03 bits per heavy atom. The topological polar surface area (TPSA) is 140 Å². The summed E-state index contributed by atoms with van der Waals surface area (Å²) >= 11 is 0. The van der Waals surface area contributed by atoms with Crippen LogP contribution < -0.4 is 10.9 Å². The van der Waals surface area contributed by atoms with E-state index in [1.807, 2.05) is 30.3 Å². The number of nitrogens with one attached hydrogen (secondary N) is 1. The fourth-order valence-electron chi connectivity index (χ4n) is 4.21. The van der Waals surface area contributed by atoms with Gasteiger partial charge < -0.3 is 19.4 Å². The molecule has 2 N–H and O–H groups in total. The van der Waals surface area contributed by atoms with Crippen molar-refractivity contribution in [1.29, 1.82) is 0 Å². The van der Waals surface area contributed by atoms with Crippen LogP contribution in [-0.2, 0) is 19.5 Å². The molecule has 0 aliphatic rings. The first-order chi connectivity index (χ1) is 18.4. The zero-order chi connectivity index (χ0) is 26.6. The molecule has 0 saturated carbocycles. The molecule has 0 aliphatic carbocycles. The van der Waals surface area contributed by atoms with Crippen LogP contribution in [0.1, 0.15) is 32.8 Å². The van der Waals surface area contributed by atoms with Gasteiger partial charge in [-0.1, -0.05) is 42.5 Å². The Kier molecular flexibility index (Phi) is 6.68. The van der Waals surface area contributed by atoms with Gasteiger partial charge in [-0.3, -0.25) is 24.7 Å². The number of non-ortho nitro benzene ring substituents is 1. The number of nitrogens with zero attached hydrogens (tertiary/aromatic N) is 3. The van der Waals surface area contributed by atoms with Crippen LogP contribution in [0.15, 0.2) is 94.5 Å². The molecule has 3 heterocycles. The maximum Gasteiger partial charge on any atom is 0.269 e. The molecule has 0 aliphatic heterocycles. The Morgan fingerprint density at radius 3 is 2.47 bits per heavy atom. The molecule has 0 atom stereocenters. The van der Waals surface area contributed by atoms with E-state index < -0.39 is 27.7 Å². The highest BCUT2D eigenvalue weighted by atomic mass is 16.6. The molecule has 0 bridgehead atoms. The van der Waals surface area contributed by atoms with Gasteiger partial charge in [0.25, 0.3) is 17.2 Å². The van der Waals surface area contributed by atoms with Gasteiger partial charge in [-0.15, -0.1) is 0 Å². The molecule has 0 saturated heterocycles. The second-order valence-corrected chi connectivity index (χ2v) is 8.67. The minimum Gasteiger partial charge on any atom is -0.505 e. The lowest BCUT2D eigenvalue weighted by atomic mass is 10.0. The van der Waals surface area contributed by atoms with E-state index in [0.717, 1.165) is 11.1 Å². The van der Waals surface area contributed by atoms with Gasteiger partial charge in [-0.2, -0.15) is 0 Å². The maximum atomic E-state index is 13.6. The molecule has 5 aromatic rings. The van der Waals surface area contributed by atoms with Gasteiger partial charge in [0.2, 0.25) is 0 Å². The second-order valence-electron chi connectivity index (χ2n) is 8.67. The normalized spacial score (nSPS) is 10.9. The van der Waals surface area contributed by atoms with Gasteiger partial charge in [0.05, 0.1) is 29.8 Å². The summed E-state index contributed by atoms with van der Waals surface area (Å²) in [4.78, 5) is 41.6. The van der Waals surface area contributed by atoms with E-state index in [0.29, 0.717) is 23.3 Å². The number of hydrogen-bond acceptors (Lipinski definition) is 7. The van der Waals surface area contributed by atoms with Crippen LogP contribution in [0.5, 0.6) is 5.75 Å². The van der Waals surface area contributed by atoms with Crippen LogP contribution in [0, 0.1) is 10.1 Å². The number of carbonyl (C=O) groups is 1. The maximum absolute atomic E-state index is 13.6. The van der Waals surface area contributed by atoms with E-state index >= 15 is 0 Å². The predicted molar refractivity (Wildman–Crippen MR) is 139 cm³/mol. The van der Waals surface area contributed by atoms with Gasteiger partial charge in [0, 0.05) is 18.3 Å². The summed E-state index contributed by atoms with van der Waals surface area (Å²) < 4.78 is 6.57. The van der Waals surface area contributed by atoms with Gasteiger partial charge in [-0.25, -0.2) is 0 Å². The van der Waals surface area contributed by atoms with Gasteiger partial charge >= 0.3 is 0 Å². The van der Waals surface area contributed by atoms with Crippen LogP contribution in [0.4, 0.5) is 5.69 Å². The third-order valence-electron chi connectivity index (χ3n) is 6.10. The lowest BCUT2D eigenvalue weighted by Gasteiger charge is -2.15. The SMILES string of the molecule is O=C(NCc1ccco1)c1c(O)c2ncc(Cc3ccccc3)cc2n(Cc2ccc([N+](=O)[O-])cc2)c1=O. The zero-order valence-corrected chi connectivity index (χ0v) is 20.0. The molecule has 3 aromatic heterocycles. The number of rotatable bonds is 8. The minimum absolute atomic E-state index is 0.00252. The summed E-state index contributed by atoms with van der Waals surface area (Å²) in [5.41, 5.74) is 1.61. The van der Waals surface area contributed by atoms with Crippen molar-refractivity contribution in [1.82, 2.24) is 14.9 Å². The number of hydrogen-bond donors (Lipinski definition) is 2. The smallest absolute Gasteiger partial charge is 0.269 e. The highest BCUT2D eigenvalue weighted by Crippen LogP contribution is 2.27. The lowest BCUT2D eigenvalue weighted by Crippen LogP contribution is -2.33. The Bertz CT molecular complexity index is 1680. The first-order valence-electron chi connectivity index (χ1n) is 11.7. The number of amides is 1. The number of pyridine rings is 2. The largest absolute Gasteiger partial charge is 0.505 e. The monoisotopic (exact) mass is 510 g/mol. The number of benzene rings is 2. The molecule has 0 spiro atoms. The number of furan rings is 1. The summed E-state index contributed by atoms with van der Waals surface area (Å²) in [6, 6.07) is 20.6. The van der Waals surface area contributed by atoms with Crippen LogP contribution in [0.3, 0.4) is 0 Å². The van der Waals surface area contributed by atoms with Crippen molar-refractivity contribution in [2.75, 3.05) is 0 Å². The summed E-state index contributed by atoms with van der Waals surface area (Å²) in [7, 11) is 0. The molecular formula is C28H22N4O6. The molecule has 10 nitrogen and oxygen atoms in total. The van der Waals surface area contributed by atoms with E-state index in [-0.39, 0.29) is 24.3 Å². The molecule has 0 fully saturated rings. The van der Waals surface area contributed by atoms with E-state index in [2.05, 4.69) is 10.3 Å². The fraction of sp³-hybridized carbons (Fsp3) is 0.107. The fourth-order valence-corrected chi connectivity index (χ4v) is 4.21. The minimum atomic E-state index is -0.779.